The van der Waals surface area contributed by atoms with Gasteiger partial charge in [0.2, 0.25) is 0 Å². The van der Waals surface area contributed by atoms with Crippen molar-refractivity contribution < 1.29 is 4.74 Å². The molecule has 0 saturated carbocycles. The predicted octanol–water partition coefficient (Wildman–Crippen LogP) is 5.51. The average molecular weight is 346 g/mol. The number of hydrogen-bond acceptors (Lipinski definition) is 2. The number of ether oxygens (including phenoxy) is 1. The zero-order valence-corrected chi connectivity index (χ0v) is 14.0. The van der Waals surface area contributed by atoms with Gasteiger partial charge in [-0.05, 0) is 64.0 Å². The molecule has 2 atom stereocenters. The Bertz CT molecular complexity index is 641. The molecular formula is C18H20BrNO. The Kier molecular flexibility index (Phi) is 4.20. The Morgan fingerprint density at radius 1 is 1.10 bits per heavy atom. The van der Waals surface area contributed by atoms with E-state index in [2.05, 4.69) is 64.6 Å². The number of nitrogens with one attached hydrogen (secondary N) is 1. The van der Waals surface area contributed by atoms with Crippen LogP contribution in [0.15, 0.2) is 46.9 Å². The molecule has 2 nitrogen and oxygen atoms in total. The second-order valence-corrected chi connectivity index (χ2v) is 6.51. The molecule has 0 amide bonds. The van der Waals surface area contributed by atoms with Crippen LogP contribution >= 0.6 is 15.9 Å². The van der Waals surface area contributed by atoms with Gasteiger partial charge in [0.1, 0.15) is 5.75 Å². The van der Waals surface area contributed by atoms with Gasteiger partial charge in [0.05, 0.1) is 17.6 Å². The van der Waals surface area contributed by atoms with Crippen LogP contribution in [0, 0.1) is 0 Å². The maximum Gasteiger partial charge on any atom is 0.133 e. The van der Waals surface area contributed by atoms with E-state index in [4.69, 9.17) is 4.74 Å². The van der Waals surface area contributed by atoms with E-state index in [1.165, 1.54) is 24.0 Å². The summed E-state index contributed by atoms with van der Waals surface area (Å²) in [5.74, 6) is 1.51. The summed E-state index contributed by atoms with van der Waals surface area (Å²) in [6.45, 7) is 2.32. The van der Waals surface area contributed by atoms with Crippen LogP contribution in [0.2, 0.25) is 0 Å². The summed E-state index contributed by atoms with van der Waals surface area (Å²) < 4.78 is 6.26. The number of benzene rings is 2. The van der Waals surface area contributed by atoms with Crippen molar-refractivity contribution in [2.45, 2.75) is 31.7 Å². The van der Waals surface area contributed by atoms with Crippen LogP contribution in [-0.4, -0.2) is 7.11 Å². The van der Waals surface area contributed by atoms with E-state index in [0.717, 1.165) is 15.9 Å². The zero-order chi connectivity index (χ0) is 14.8. The maximum atomic E-state index is 5.29. The fourth-order valence-corrected chi connectivity index (χ4v) is 3.65. The molecule has 0 bridgehead atoms. The highest BCUT2D eigenvalue weighted by atomic mass is 79.9. The van der Waals surface area contributed by atoms with Gasteiger partial charge in [0.15, 0.2) is 0 Å². The minimum atomic E-state index is 0.387. The second kappa shape index (κ2) is 6.10. The van der Waals surface area contributed by atoms with Gasteiger partial charge in [0.25, 0.3) is 0 Å². The summed E-state index contributed by atoms with van der Waals surface area (Å²) in [7, 11) is 1.69. The first-order valence-corrected chi connectivity index (χ1v) is 8.17. The fraction of sp³-hybridized carbons (Fsp3) is 0.333. The quantitative estimate of drug-likeness (QED) is 0.791. The molecule has 0 saturated heterocycles. The molecule has 0 radical (unpaired) electrons. The van der Waals surface area contributed by atoms with Crippen LogP contribution in [0.1, 0.15) is 42.9 Å². The van der Waals surface area contributed by atoms with Gasteiger partial charge in [-0.15, -0.1) is 0 Å². The van der Waals surface area contributed by atoms with E-state index in [0.29, 0.717) is 12.0 Å². The molecule has 0 heterocycles. The molecule has 1 N–H and O–H groups in total. The third kappa shape index (κ3) is 2.93. The van der Waals surface area contributed by atoms with Crippen LogP contribution in [0.25, 0.3) is 0 Å². The van der Waals surface area contributed by atoms with Crippen molar-refractivity contribution in [3.63, 3.8) is 0 Å². The molecule has 21 heavy (non-hydrogen) atoms. The van der Waals surface area contributed by atoms with Gasteiger partial charge in [-0.25, -0.2) is 0 Å². The largest absolute Gasteiger partial charge is 0.496 e. The van der Waals surface area contributed by atoms with Crippen molar-refractivity contribution in [3.8, 4) is 5.75 Å². The highest BCUT2D eigenvalue weighted by Crippen LogP contribution is 2.39. The van der Waals surface area contributed by atoms with Crippen LogP contribution in [0.4, 0.5) is 5.69 Å². The molecule has 3 heteroatoms. The Balaban J connectivity index is 1.86. The van der Waals surface area contributed by atoms with Gasteiger partial charge >= 0.3 is 0 Å². The van der Waals surface area contributed by atoms with Gasteiger partial charge in [-0.1, -0.05) is 31.2 Å². The average Bonchev–Trinajstić information content (AvgIpc) is 2.51. The first kappa shape index (κ1) is 14.5. The summed E-state index contributed by atoms with van der Waals surface area (Å²) in [5, 5.41) is 3.66. The van der Waals surface area contributed by atoms with Crippen LogP contribution in [-0.2, 0) is 0 Å². The Morgan fingerprint density at radius 3 is 2.57 bits per heavy atom. The first-order chi connectivity index (χ1) is 10.2. The van der Waals surface area contributed by atoms with Crippen LogP contribution < -0.4 is 10.1 Å². The van der Waals surface area contributed by atoms with Crippen molar-refractivity contribution in [1.29, 1.82) is 0 Å². The topological polar surface area (TPSA) is 21.3 Å². The SMILES string of the molecule is COc1ccc(NC2CCC(C)c3ccccc32)cc1Br. The molecule has 110 valence electrons. The third-order valence-electron chi connectivity index (χ3n) is 4.28. The number of anilines is 1. The number of rotatable bonds is 3. The molecule has 3 rings (SSSR count). The van der Waals surface area contributed by atoms with E-state index in [-0.39, 0.29) is 0 Å². The predicted molar refractivity (Wildman–Crippen MR) is 91.1 cm³/mol. The lowest BCUT2D eigenvalue weighted by Crippen LogP contribution is -2.19. The fourth-order valence-electron chi connectivity index (χ4n) is 3.11. The molecule has 0 fully saturated rings. The third-order valence-corrected chi connectivity index (χ3v) is 4.90. The van der Waals surface area contributed by atoms with E-state index in [1.807, 2.05) is 6.07 Å². The number of halogens is 1. The zero-order valence-electron chi connectivity index (χ0n) is 12.4. The lowest BCUT2D eigenvalue weighted by atomic mass is 9.81. The maximum absolute atomic E-state index is 5.29. The van der Waals surface area contributed by atoms with Crippen LogP contribution in [0.3, 0.4) is 0 Å². The molecule has 2 aromatic carbocycles. The highest BCUT2D eigenvalue weighted by molar-refractivity contribution is 9.10. The number of fused-ring (bicyclic) bond motifs is 1. The van der Waals surface area contributed by atoms with E-state index in [9.17, 15) is 0 Å². The molecule has 2 aromatic rings. The molecular weight excluding hydrogens is 326 g/mol. The summed E-state index contributed by atoms with van der Waals surface area (Å²) in [6, 6.07) is 15.3. The molecule has 0 spiro atoms. The standard InChI is InChI=1S/C18H20BrNO/c1-12-7-9-17(15-6-4-3-5-14(12)15)20-13-8-10-18(21-2)16(19)11-13/h3-6,8,10-12,17,20H,7,9H2,1-2H3. The molecule has 0 aromatic heterocycles. The molecule has 1 aliphatic carbocycles. The Labute approximate surface area is 134 Å². The van der Waals surface area contributed by atoms with Crippen molar-refractivity contribution in [2.24, 2.45) is 0 Å². The van der Waals surface area contributed by atoms with Crippen molar-refractivity contribution in [1.82, 2.24) is 0 Å². The van der Waals surface area contributed by atoms with Crippen molar-refractivity contribution in [2.75, 3.05) is 12.4 Å². The van der Waals surface area contributed by atoms with Gasteiger partial charge in [-0.3, -0.25) is 0 Å². The summed E-state index contributed by atoms with van der Waals surface area (Å²) in [5.41, 5.74) is 4.04. The Hall–Kier alpha value is -1.48. The second-order valence-electron chi connectivity index (χ2n) is 5.65. The molecule has 0 aliphatic heterocycles. The number of methoxy groups -OCH3 is 1. The summed E-state index contributed by atoms with van der Waals surface area (Å²) in [4.78, 5) is 0. The van der Waals surface area contributed by atoms with Gasteiger partial charge in [0, 0.05) is 5.69 Å². The number of hydrogen-bond donors (Lipinski definition) is 1. The minimum absolute atomic E-state index is 0.387. The van der Waals surface area contributed by atoms with E-state index < -0.39 is 0 Å². The highest BCUT2D eigenvalue weighted by Gasteiger charge is 2.24. The van der Waals surface area contributed by atoms with Crippen molar-refractivity contribution >= 4 is 21.6 Å². The van der Waals surface area contributed by atoms with Crippen LogP contribution in [0.5, 0.6) is 5.75 Å². The monoisotopic (exact) mass is 345 g/mol. The lowest BCUT2D eigenvalue weighted by Gasteiger charge is -2.31. The van der Waals surface area contributed by atoms with E-state index >= 15 is 0 Å². The summed E-state index contributed by atoms with van der Waals surface area (Å²) >= 11 is 3.55. The molecule has 2 unspecified atom stereocenters. The van der Waals surface area contributed by atoms with Gasteiger partial charge < -0.3 is 10.1 Å². The molecule has 1 aliphatic rings. The van der Waals surface area contributed by atoms with Crippen molar-refractivity contribution in [3.05, 3.63) is 58.1 Å². The van der Waals surface area contributed by atoms with E-state index in [1.54, 1.807) is 7.11 Å². The lowest BCUT2D eigenvalue weighted by molar-refractivity contribution is 0.412. The summed E-state index contributed by atoms with van der Waals surface area (Å²) in [6.07, 6.45) is 2.40. The Morgan fingerprint density at radius 2 is 1.86 bits per heavy atom. The van der Waals surface area contributed by atoms with Gasteiger partial charge in [-0.2, -0.15) is 0 Å². The normalized spacial score (nSPS) is 20.7. The first-order valence-electron chi connectivity index (χ1n) is 7.38. The minimum Gasteiger partial charge on any atom is -0.496 e. The smallest absolute Gasteiger partial charge is 0.133 e.